The van der Waals surface area contributed by atoms with E-state index in [0.29, 0.717) is 0 Å². The standard InChI is InChI=1S/C16H17N3O/c17-10-16(19-11-14-4-2-8-20-14)13-5-6-15-12(9-13)3-1-7-18-15/h1,3,5-7,9,14,16,19H,2,4,8,11H2. The van der Waals surface area contributed by atoms with Crippen LogP contribution in [0.25, 0.3) is 10.9 Å². The van der Waals surface area contributed by atoms with Crippen molar-refractivity contribution >= 4 is 10.9 Å². The van der Waals surface area contributed by atoms with Gasteiger partial charge in [0.25, 0.3) is 0 Å². The third-order valence-corrected chi connectivity index (χ3v) is 3.66. The fourth-order valence-corrected chi connectivity index (χ4v) is 2.57. The molecule has 20 heavy (non-hydrogen) atoms. The smallest absolute Gasteiger partial charge is 0.121 e. The monoisotopic (exact) mass is 267 g/mol. The number of hydrogen-bond donors (Lipinski definition) is 1. The molecule has 102 valence electrons. The highest BCUT2D eigenvalue weighted by molar-refractivity contribution is 5.79. The van der Waals surface area contributed by atoms with E-state index in [-0.39, 0.29) is 12.1 Å². The van der Waals surface area contributed by atoms with Crippen LogP contribution in [0.2, 0.25) is 0 Å². The highest BCUT2D eigenvalue weighted by Gasteiger charge is 2.18. The Morgan fingerprint density at radius 1 is 1.45 bits per heavy atom. The quantitative estimate of drug-likeness (QED) is 0.925. The van der Waals surface area contributed by atoms with E-state index < -0.39 is 0 Å². The highest BCUT2D eigenvalue weighted by atomic mass is 16.5. The average Bonchev–Trinajstić information content (AvgIpc) is 3.01. The Morgan fingerprint density at radius 3 is 3.20 bits per heavy atom. The summed E-state index contributed by atoms with van der Waals surface area (Å²) in [6.45, 7) is 1.56. The lowest BCUT2D eigenvalue weighted by molar-refractivity contribution is 0.109. The van der Waals surface area contributed by atoms with Crippen molar-refractivity contribution in [1.82, 2.24) is 10.3 Å². The molecule has 0 bridgehead atoms. The average molecular weight is 267 g/mol. The molecule has 1 aromatic carbocycles. The predicted molar refractivity (Wildman–Crippen MR) is 77.1 cm³/mol. The van der Waals surface area contributed by atoms with Crippen molar-refractivity contribution in [2.45, 2.75) is 25.0 Å². The Balaban J connectivity index is 1.74. The van der Waals surface area contributed by atoms with E-state index in [1.54, 1.807) is 6.20 Å². The topological polar surface area (TPSA) is 57.9 Å². The number of aromatic nitrogens is 1. The van der Waals surface area contributed by atoms with Gasteiger partial charge in [-0.2, -0.15) is 5.26 Å². The zero-order valence-corrected chi connectivity index (χ0v) is 11.2. The van der Waals surface area contributed by atoms with Crippen LogP contribution in [0.3, 0.4) is 0 Å². The summed E-state index contributed by atoms with van der Waals surface area (Å²) in [5.41, 5.74) is 1.93. The van der Waals surface area contributed by atoms with Crippen LogP contribution in [0.15, 0.2) is 36.5 Å². The minimum Gasteiger partial charge on any atom is -0.377 e. The number of fused-ring (bicyclic) bond motifs is 1. The number of hydrogen-bond acceptors (Lipinski definition) is 4. The molecule has 0 radical (unpaired) electrons. The summed E-state index contributed by atoms with van der Waals surface area (Å²) >= 11 is 0. The molecule has 3 rings (SSSR count). The summed E-state index contributed by atoms with van der Waals surface area (Å²) in [6, 6.07) is 11.9. The summed E-state index contributed by atoms with van der Waals surface area (Å²) in [7, 11) is 0. The van der Waals surface area contributed by atoms with Crippen LogP contribution in [0.5, 0.6) is 0 Å². The molecule has 4 heteroatoms. The lowest BCUT2D eigenvalue weighted by atomic mass is 10.0. The SMILES string of the molecule is N#CC(NCC1CCCO1)c1ccc2ncccc2c1. The summed E-state index contributed by atoms with van der Waals surface area (Å²) < 4.78 is 5.57. The molecule has 0 spiro atoms. The molecule has 4 nitrogen and oxygen atoms in total. The minimum absolute atomic E-state index is 0.243. The molecule has 2 heterocycles. The minimum atomic E-state index is -0.302. The van der Waals surface area contributed by atoms with Crippen molar-refractivity contribution in [3.8, 4) is 6.07 Å². The van der Waals surface area contributed by atoms with Gasteiger partial charge in [-0.3, -0.25) is 10.3 Å². The maximum atomic E-state index is 9.36. The van der Waals surface area contributed by atoms with Gasteiger partial charge in [-0.15, -0.1) is 0 Å². The van der Waals surface area contributed by atoms with E-state index in [4.69, 9.17) is 4.74 Å². The van der Waals surface area contributed by atoms with Crippen molar-refractivity contribution < 1.29 is 4.74 Å². The Morgan fingerprint density at radius 2 is 2.40 bits per heavy atom. The molecule has 1 aliphatic heterocycles. The van der Waals surface area contributed by atoms with E-state index in [1.165, 1.54) is 0 Å². The molecule has 2 atom stereocenters. The molecule has 2 unspecified atom stereocenters. The number of nitrogens with zero attached hydrogens (tertiary/aromatic N) is 2. The van der Waals surface area contributed by atoms with Crippen LogP contribution in [0.4, 0.5) is 0 Å². The molecule has 0 saturated carbocycles. The van der Waals surface area contributed by atoms with Crippen molar-refractivity contribution in [2.24, 2.45) is 0 Å². The Hall–Kier alpha value is -1.96. The third-order valence-electron chi connectivity index (χ3n) is 3.66. The fourth-order valence-electron chi connectivity index (χ4n) is 2.57. The van der Waals surface area contributed by atoms with Gasteiger partial charge in [0.15, 0.2) is 0 Å². The van der Waals surface area contributed by atoms with Crippen molar-refractivity contribution in [2.75, 3.05) is 13.2 Å². The molecule has 1 saturated heterocycles. The second-order valence-electron chi connectivity index (χ2n) is 5.06. The first-order valence-corrected chi connectivity index (χ1v) is 6.96. The van der Waals surface area contributed by atoms with E-state index in [9.17, 15) is 5.26 Å². The zero-order valence-electron chi connectivity index (χ0n) is 11.2. The van der Waals surface area contributed by atoms with Gasteiger partial charge in [-0.05, 0) is 36.6 Å². The van der Waals surface area contributed by atoms with E-state index in [2.05, 4.69) is 16.4 Å². The molecule has 0 aliphatic carbocycles. The van der Waals surface area contributed by atoms with E-state index in [1.807, 2.05) is 30.3 Å². The Labute approximate surface area is 118 Å². The van der Waals surface area contributed by atoms with Crippen LogP contribution in [0.1, 0.15) is 24.4 Å². The van der Waals surface area contributed by atoms with Gasteiger partial charge in [-0.25, -0.2) is 0 Å². The summed E-state index contributed by atoms with van der Waals surface area (Å²) in [5, 5.41) is 13.7. The summed E-state index contributed by atoms with van der Waals surface area (Å²) in [5.74, 6) is 0. The second kappa shape index (κ2) is 6.00. The number of nitriles is 1. The van der Waals surface area contributed by atoms with E-state index in [0.717, 1.165) is 42.5 Å². The Kier molecular flexibility index (Phi) is 3.91. The number of pyridine rings is 1. The van der Waals surface area contributed by atoms with Crippen molar-refractivity contribution in [3.05, 3.63) is 42.1 Å². The molecule has 2 aromatic rings. The Bertz CT molecular complexity index is 629. The number of rotatable bonds is 4. The van der Waals surface area contributed by atoms with Crippen LogP contribution in [0, 0.1) is 11.3 Å². The maximum Gasteiger partial charge on any atom is 0.121 e. The predicted octanol–water partition coefficient (Wildman–Crippen LogP) is 2.57. The van der Waals surface area contributed by atoms with Crippen molar-refractivity contribution in [3.63, 3.8) is 0 Å². The van der Waals surface area contributed by atoms with Gasteiger partial charge in [0.2, 0.25) is 0 Å². The number of ether oxygens (including phenoxy) is 1. The van der Waals surface area contributed by atoms with E-state index >= 15 is 0 Å². The molecule has 1 fully saturated rings. The molecular formula is C16H17N3O. The van der Waals surface area contributed by atoms with Gasteiger partial charge >= 0.3 is 0 Å². The van der Waals surface area contributed by atoms with Crippen molar-refractivity contribution in [1.29, 1.82) is 5.26 Å². The van der Waals surface area contributed by atoms with Crippen LogP contribution < -0.4 is 5.32 Å². The van der Waals surface area contributed by atoms with Gasteiger partial charge < -0.3 is 4.74 Å². The number of nitrogens with one attached hydrogen (secondary N) is 1. The normalized spacial score (nSPS) is 19.9. The van der Waals surface area contributed by atoms with Crippen LogP contribution in [-0.2, 0) is 4.74 Å². The van der Waals surface area contributed by atoms with Gasteiger partial charge in [-0.1, -0.05) is 12.1 Å². The fraction of sp³-hybridized carbons (Fsp3) is 0.375. The van der Waals surface area contributed by atoms with Gasteiger partial charge in [0.05, 0.1) is 17.7 Å². The highest BCUT2D eigenvalue weighted by Crippen LogP contribution is 2.19. The van der Waals surface area contributed by atoms with Crippen LogP contribution >= 0.6 is 0 Å². The first-order chi connectivity index (χ1) is 9.86. The maximum absolute atomic E-state index is 9.36. The number of benzene rings is 1. The van der Waals surface area contributed by atoms with Gasteiger partial charge in [0.1, 0.15) is 6.04 Å². The molecule has 1 aromatic heterocycles. The molecule has 1 N–H and O–H groups in total. The molecule has 1 aliphatic rings. The third kappa shape index (κ3) is 2.79. The second-order valence-corrected chi connectivity index (χ2v) is 5.06. The molecular weight excluding hydrogens is 250 g/mol. The summed E-state index contributed by atoms with van der Waals surface area (Å²) in [4.78, 5) is 4.29. The first-order valence-electron chi connectivity index (χ1n) is 6.96. The first kappa shape index (κ1) is 13.0. The zero-order chi connectivity index (χ0) is 13.8. The molecule has 0 amide bonds. The summed E-state index contributed by atoms with van der Waals surface area (Å²) in [6.07, 6.45) is 4.21. The lowest BCUT2D eigenvalue weighted by Crippen LogP contribution is -2.29. The largest absolute Gasteiger partial charge is 0.377 e. The van der Waals surface area contributed by atoms with Gasteiger partial charge in [0, 0.05) is 24.7 Å². The lowest BCUT2D eigenvalue weighted by Gasteiger charge is -2.15. The van der Waals surface area contributed by atoms with Crippen LogP contribution in [-0.4, -0.2) is 24.2 Å².